The Morgan fingerprint density at radius 3 is 2.62 bits per heavy atom. The van der Waals surface area contributed by atoms with Crippen LogP contribution in [0.25, 0.3) is 11.1 Å². The number of cyclic esters (lactones) is 1. The molecule has 2 aromatic carbocycles. The zero-order valence-electron chi connectivity index (χ0n) is 17.2. The number of nitrogens with one attached hydrogen (secondary N) is 1. The minimum atomic E-state index is -0.727. The molecule has 1 aliphatic rings. The summed E-state index contributed by atoms with van der Waals surface area (Å²) in [6, 6.07) is 10.9. The number of benzene rings is 2. The third-order valence-electron chi connectivity index (χ3n) is 4.62. The molecule has 10 nitrogen and oxygen atoms in total. The fourth-order valence-corrected chi connectivity index (χ4v) is 3.01. The van der Waals surface area contributed by atoms with Gasteiger partial charge in [0.15, 0.2) is 5.84 Å². The van der Waals surface area contributed by atoms with Gasteiger partial charge in [-0.2, -0.15) is 0 Å². The van der Waals surface area contributed by atoms with Crippen LogP contribution in [0.1, 0.15) is 12.5 Å². The molecule has 0 saturated carbocycles. The highest BCUT2D eigenvalue weighted by molar-refractivity contribution is 5.98. The van der Waals surface area contributed by atoms with Crippen molar-refractivity contribution < 1.29 is 28.3 Å². The van der Waals surface area contributed by atoms with Crippen molar-refractivity contribution in [1.29, 1.82) is 0 Å². The quantitative estimate of drug-likeness (QED) is 0.251. The zero-order valence-corrected chi connectivity index (χ0v) is 17.2. The summed E-state index contributed by atoms with van der Waals surface area (Å²) in [7, 11) is 0. The van der Waals surface area contributed by atoms with Gasteiger partial charge < -0.3 is 26.4 Å². The molecule has 0 aromatic heterocycles. The van der Waals surface area contributed by atoms with E-state index in [1.54, 1.807) is 36.4 Å². The van der Waals surface area contributed by atoms with Gasteiger partial charge in [-0.15, -0.1) is 0 Å². The molecule has 32 heavy (non-hydrogen) atoms. The summed E-state index contributed by atoms with van der Waals surface area (Å²) in [4.78, 5) is 40.0. The van der Waals surface area contributed by atoms with Crippen LogP contribution in [0, 0.1) is 5.82 Å². The van der Waals surface area contributed by atoms with E-state index in [0.29, 0.717) is 22.4 Å². The summed E-state index contributed by atoms with van der Waals surface area (Å²) in [5.41, 5.74) is 12.6. The van der Waals surface area contributed by atoms with Crippen LogP contribution in [-0.2, 0) is 19.2 Å². The summed E-state index contributed by atoms with van der Waals surface area (Å²) >= 11 is 0. The Balaban J connectivity index is 1.72. The highest BCUT2D eigenvalue weighted by Gasteiger charge is 2.32. The van der Waals surface area contributed by atoms with Gasteiger partial charge in [0.05, 0.1) is 25.3 Å². The largest absolute Gasteiger partial charge is 0.442 e. The van der Waals surface area contributed by atoms with E-state index >= 15 is 0 Å². The number of nitrogens with zero attached hydrogens (tertiary/aromatic N) is 2. The van der Waals surface area contributed by atoms with Crippen LogP contribution in [-0.4, -0.2) is 49.5 Å². The molecule has 11 heteroatoms. The predicted octanol–water partition coefficient (Wildman–Crippen LogP) is 1.08. The molecule has 1 aliphatic heterocycles. The number of carbonyl (C=O) groups excluding carboxylic acids is 3. The molecule has 1 atom stereocenters. The first-order chi connectivity index (χ1) is 15.3. The Labute approximate surface area is 182 Å². The third-order valence-corrected chi connectivity index (χ3v) is 4.62. The van der Waals surface area contributed by atoms with Crippen LogP contribution in [0.15, 0.2) is 47.6 Å². The van der Waals surface area contributed by atoms with Crippen LogP contribution >= 0.6 is 0 Å². The van der Waals surface area contributed by atoms with Gasteiger partial charge in [0.1, 0.15) is 11.9 Å². The summed E-state index contributed by atoms with van der Waals surface area (Å²) in [6.45, 7) is 1.42. The smallest absolute Gasteiger partial charge is 0.414 e. The van der Waals surface area contributed by atoms with Crippen molar-refractivity contribution >= 4 is 29.5 Å². The minimum absolute atomic E-state index is 0.0319. The molecule has 0 bridgehead atoms. The van der Waals surface area contributed by atoms with Crippen molar-refractivity contribution in [3.05, 3.63) is 53.8 Å². The van der Waals surface area contributed by atoms with Gasteiger partial charge >= 0.3 is 12.1 Å². The standard InChI is InChI=1S/C21H22FN5O5/c1-12(28)25-10-16-11-27(21(30)31-16)15-6-7-17(18(22)8-15)13-2-4-14(5-3-13)20(24)26-32-19(29)9-23/h2-8,16H,9-11,23H2,1H3,(H2,24,26)(H,25,28). The molecule has 1 fully saturated rings. The van der Waals surface area contributed by atoms with E-state index in [2.05, 4.69) is 15.3 Å². The van der Waals surface area contributed by atoms with Crippen LogP contribution < -0.4 is 21.7 Å². The number of hydrogen-bond acceptors (Lipinski definition) is 7. The molecule has 168 valence electrons. The summed E-state index contributed by atoms with van der Waals surface area (Å²) in [5, 5.41) is 6.08. The number of nitrogens with two attached hydrogens (primary N) is 2. The molecular weight excluding hydrogens is 421 g/mol. The molecule has 1 saturated heterocycles. The Morgan fingerprint density at radius 2 is 2.00 bits per heavy atom. The van der Waals surface area contributed by atoms with Crippen LogP contribution in [0.5, 0.6) is 0 Å². The van der Waals surface area contributed by atoms with Gasteiger partial charge in [0, 0.05) is 18.1 Å². The molecule has 0 spiro atoms. The van der Waals surface area contributed by atoms with Gasteiger partial charge in [-0.1, -0.05) is 29.4 Å². The first-order valence-corrected chi connectivity index (χ1v) is 9.64. The van der Waals surface area contributed by atoms with E-state index in [4.69, 9.17) is 16.2 Å². The summed E-state index contributed by atoms with van der Waals surface area (Å²) < 4.78 is 20.0. The van der Waals surface area contributed by atoms with E-state index < -0.39 is 24.0 Å². The molecule has 2 amide bonds. The first-order valence-electron chi connectivity index (χ1n) is 9.64. The van der Waals surface area contributed by atoms with Gasteiger partial charge in [0.2, 0.25) is 5.91 Å². The van der Waals surface area contributed by atoms with Gasteiger partial charge in [-0.05, 0) is 23.8 Å². The lowest BCUT2D eigenvalue weighted by atomic mass is 10.0. The number of amidine groups is 1. The monoisotopic (exact) mass is 443 g/mol. The second-order valence-corrected chi connectivity index (χ2v) is 6.94. The maximum atomic E-state index is 14.8. The lowest BCUT2D eigenvalue weighted by Crippen LogP contribution is -2.33. The van der Waals surface area contributed by atoms with E-state index in [-0.39, 0.29) is 31.4 Å². The second kappa shape index (κ2) is 9.88. The summed E-state index contributed by atoms with van der Waals surface area (Å²) in [5.74, 6) is -1.53. The van der Waals surface area contributed by atoms with Crippen LogP contribution in [0.4, 0.5) is 14.9 Å². The Morgan fingerprint density at radius 1 is 1.28 bits per heavy atom. The number of halogens is 1. The molecule has 0 aliphatic carbocycles. The number of rotatable bonds is 7. The Bertz CT molecular complexity index is 1060. The molecular formula is C21H22FN5O5. The van der Waals surface area contributed by atoms with Crippen molar-refractivity contribution in [3.8, 4) is 11.1 Å². The van der Waals surface area contributed by atoms with Crippen molar-refractivity contribution in [3.63, 3.8) is 0 Å². The van der Waals surface area contributed by atoms with Crippen molar-refractivity contribution in [2.75, 3.05) is 24.5 Å². The average Bonchev–Trinajstić information content (AvgIpc) is 3.16. The molecule has 5 N–H and O–H groups in total. The predicted molar refractivity (Wildman–Crippen MR) is 114 cm³/mol. The number of carbonyl (C=O) groups is 3. The maximum absolute atomic E-state index is 14.8. The zero-order chi connectivity index (χ0) is 23.3. The van der Waals surface area contributed by atoms with E-state index in [9.17, 15) is 18.8 Å². The fourth-order valence-electron chi connectivity index (χ4n) is 3.01. The number of amides is 2. The fraction of sp³-hybridized carbons (Fsp3) is 0.238. The van der Waals surface area contributed by atoms with Gasteiger partial charge in [-0.3, -0.25) is 9.69 Å². The van der Waals surface area contributed by atoms with Crippen LogP contribution in [0.2, 0.25) is 0 Å². The molecule has 1 unspecified atom stereocenters. The third kappa shape index (κ3) is 5.38. The van der Waals surface area contributed by atoms with Crippen molar-refractivity contribution in [2.24, 2.45) is 16.6 Å². The summed E-state index contributed by atoms with van der Waals surface area (Å²) in [6.07, 6.45) is -1.13. The highest BCUT2D eigenvalue weighted by Crippen LogP contribution is 2.29. The number of anilines is 1. The van der Waals surface area contributed by atoms with Gasteiger partial charge in [0.25, 0.3) is 0 Å². The molecule has 0 radical (unpaired) electrons. The first kappa shape index (κ1) is 22.7. The van der Waals surface area contributed by atoms with Crippen molar-refractivity contribution in [2.45, 2.75) is 13.0 Å². The van der Waals surface area contributed by atoms with Crippen molar-refractivity contribution in [1.82, 2.24) is 5.32 Å². The average molecular weight is 443 g/mol. The number of oxime groups is 1. The van der Waals surface area contributed by atoms with E-state index in [1.165, 1.54) is 17.9 Å². The highest BCUT2D eigenvalue weighted by atomic mass is 19.1. The number of ether oxygens (including phenoxy) is 1. The minimum Gasteiger partial charge on any atom is -0.442 e. The lowest BCUT2D eigenvalue weighted by molar-refractivity contribution is -0.141. The normalized spacial score (nSPS) is 16.0. The molecule has 2 aromatic rings. The Kier molecular flexibility index (Phi) is 7.00. The Hall–Kier alpha value is -3.99. The number of hydrogen-bond donors (Lipinski definition) is 3. The topological polar surface area (TPSA) is 149 Å². The second-order valence-electron chi connectivity index (χ2n) is 6.94. The SMILES string of the molecule is CC(=O)NCC1CN(c2ccc(-c3ccc(/C(N)=N/OC(=O)CN)cc3)c(F)c2)C(=O)O1. The molecule has 3 rings (SSSR count). The lowest BCUT2D eigenvalue weighted by Gasteiger charge is -2.14. The van der Waals surface area contributed by atoms with Crippen LogP contribution in [0.3, 0.4) is 0 Å². The maximum Gasteiger partial charge on any atom is 0.414 e. The molecule has 1 heterocycles. The van der Waals surface area contributed by atoms with E-state index in [1.807, 2.05) is 0 Å². The van der Waals surface area contributed by atoms with Gasteiger partial charge in [-0.25, -0.2) is 14.0 Å². The van der Waals surface area contributed by atoms with E-state index in [0.717, 1.165) is 0 Å².